The quantitative estimate of drug-likeness (QED) is 0.781. The minimum atomic E-state index is 0.296. The summed E-state index contributed by atoms with van der Waals surface area (Å²) in [5.41, 5.74) is 0.982. The van der Waals surface area contributed by atoms with Gasteiger partial charge >= 0.3 is 0 Å². The van der Waals surface area contributed by atoms with Gasteiger partial charge in [-0.25, -0.2) is 0 Å². The number of methoxy groups -OCH3 is 1. The highest BCUT2D eigenvalue weighted by molar-refractivity contribution is 5.41. The standard InChI is InChI=1S/C12H17NO2/c1-15-9-5-6-10(12(14)8-9)11-4-2-3-7-13-11/h5-6,8,11,13-14H,2-4,7H2,1H3/t11-/m0/s1. The van der Waals surface area contributed by atoms with Crippen LogP contribution >= 0.6 is 0 Å². The first-order valence-corrected chi connectivity index (χ1v) is 5.41. The molecule has 0 aliphatic carbocycles. The molecule has 1 saturated heterocycles. The van der Waals surface area contributed by atoms with Gasteiger partial charge in [-0.05, 0) is 25.5 Å². The number of piperidine rings is 1. The number of aromatic hydroxyl groups is 1. The molecule has 3 nitrogen and oxygen atoms in total. The molecule has 0 radical (unpaired) electrons. The molecule has 0 amide bonds. The molecule has 0 spiro atoms. The van der Waals surface area contributed by atoms with Gasteiger partial charge in [0.05, 0.1) is 7.11 Å². The Hall–Kier alpha value is -1.22. The van der Waals surface area contributed by atoms with E-state index >= 15 is 0 Å². The van der Waals surface area contributed by atoms with Crippen LogP contribution in [-0.2, 0) is 0 Å². The van der Waals surface area contributed by atoms with E-state index in [1.807, 2.05) is 12.1 Å². The van der Waals surface area contributed by atoms with Crippen molar-refractivity contribution in [3.63, 3.8) is 0 Å². The lowest BCUT2D eigenvalue weighted by Gasteiger charge is -2.24. The van der Waals surface area contributed by atoms with Gasteiger partial charge in [0.2, 0.25) is 0 Å². The SMILES string of the molecule is COc1ccc([C@@H]2CCCCN2)c(O)c1. The summed E-state index contributed by atoms with van der Waals surface area (Å²) in [6.07, 6.45) is 3.55. The average molecular weight is 207 g/mol. The number of rotatable bonds is 2. The molecule has 1 aromatic rings. The summed E-state index contributed by atoms with van der Waals surface area (Å²) < 4.78 is 5.06. The van der Waals surface area contributed by atoms with Gasteiger partial charge in [0.1, 0.15) is 11.5 Å². The van der Waals surface area contributed by atoms with E-state index in [2.05, 4.69) is 5.32 Å². The molecule has 3 heteroatoms. The van der Waals surface area contributed by atoms with Crippen LogP contribution in [0.1, 0.15) is 30.9 Å². The van der Waals surface area contributed by atoms with E-state index in [0.717, 1.165) is 18.5 Å². The van der Waals surface area contributed by atoms with E-state index in [-0.39, 0.29) is 0 Å². The number of phenolic OH excluding ortho intramolecular Hbond substituents is 1. The largest absolute Gasteiger partial charge is 0.507 e. The Labute approximate surface area is 90.1 Å². The minimum Gasteiger partial charge on any atom is -0.507 e. The van der Waals surface area contributed by atoms with Crippen molar-refractivity contribution < 1.29 is 9.84 Å². The van der Waals surface area contributed by atoms with Crippen molar-refractivity contribution in [1.29, 1.82) is 0 Å². The van der Waals surface area contributed by atoms with Crippen LogP contribution in [0.3, 0.4) is 0 Å². The summed E-state index contributed by atoms with van der Waals surface area (Å²) in [6.45, 7) is 1.04. The van der Waals surface area contributed by atoms with Crippen molar-refractivity contribution in [3.8, 4) is 11.5 Å². The van der Waals surface area contributed by atoms with Crippen LogP contribution in [0, 0.1) is 0 Å². The maximum atomic E-state index is 9.85. The maximum absolute atomic E-state index is 9.85. The van der Waals surface area contributed by atoms with E-state index in [1.165, 1.54) is 12.8 Å². The topological polar surface area (TPSA) is 41.5 Å². The number of nitrogens with one attached hydrogen (secondary N) is 1. The van der Waals surface area contributed by atoms with Crippen LogP contribution < -0.4 is 10.1 Å². The monoisotopic (exact) mass is 207 g/mol. The smallest absolute Gasteiger partial charge is 0.124 e. The van der Waals surface area contributed by atoms with Crippen LogP contribution in [0.15, 0.2) is 18.2 Å². The van der Waals surface area contributed by atoms with Gasteiger partial charge < -0.3 is 15.2 Å². The van der Waals surface area contributed by atoms with Crippen molar-refractivity contribution in [3.05, 3.63) is 23.8 Å². The summed E-state index contributed by atoms with van der Waals surface area (Å²) in [6, 6.07) is 5.80. The summed E-state index contributed by atoms with van der Waals surface area (Å²) in [4.78, 5) is 0. The Morgan fingerprint density at radius 1 is 1.40 bits per heavy atom. The molecule has 1 heterocycles. The maximum Gasteiger partial charge on any atom is 0.124 e. The first kappa shape index (κ1) is 10.3. The Bertz CT molecular complexity index is 332. The first-order valence-electron chi connectivity index (χ1n) is 5.41. The molecule has 1 aliphatic rings. The second-order valence-electron chi connectivity index (χ2n) is 3.93. The van der Waals surface area contributed by atoms with Gasteiger partial charge in [0.25, 0.3) is 0 Å². The molecule has 0 unspecified atom stereocenters. The van der Waals surface area contributed by atoms with Gasteiger partial charge in [0, 0.05) is 17.7 Å². The molecule has 2 N–H and O–H groups in total. The van der Waals surface area contributed by atoms with Crippen molar-refractivity contribution in [2.45, 2.75) is 25.3 Å². The van der Waals surface area contributed by atoms with Crippen molar-refractivity contribution in [2.75, 3.05) is 13.7 Å². The number of benzene rings is 1. The zero-order chi connectivity index (χ0) is 10.7. The minimum absolute atomic E-state index is 0.296. The first-order chi connectivity index (χ1) is 7.31. The Morgan fingerprint density at radius 3 is 2.87 bits per heavy atom. The number of hydrogen-bond donors (Lipinski definition) is 2. The molecule has 2 rings (SSSR count). The fourth-order valence-electron chi connectivity index (χ4n) is 2.06. The van der Waals surface area contributed by atoms with Crippen molar-refractivity contribution in [2.24, 2.45) is 0 Å². The summed E-state index contributed by atoms with van der Waals surface area (Å²) in [5, 5.41) is 13.3. The zero-order valence-corrected chi connectivity index (χ0v) is 8.99. The second-order valence-corrected chi connectivity index (χ2v) is 3.93. The van der Waals surface area contributed by atoms with Crippen LogP contribution in [0.5, 0.6) is 11.5 Å². The molecule has 1 aromatic carbocycles. The highest BCUT2D eigenvalue weighted by Gasteiger charge is 2.17. The summed E-state index contributed by atoms with van der Waals surface area (Å²) in [5.74, 6) is 1.03. The van der Waals surface area contributed by atoms with Crippen LogP contribution in [0.25, 0.3) is 0 Å². The van der Waals surface area contributed by atoms with Crippen molar-refractivity contribution >= 4 is 0 Å². The molecule has 0 saturated carbocycles. The Morgan fingerprint density at radius 2 is 2.27 bits per heavy atom. The van der Waals surface area contributed by atoms with E-state index < -0.39 is 0 Å². The fraction of sp³-hybridized carbons (Fsp3) is 0.500. The predicted molar refractivity (Wildman–Crippen MR) is 59.3 cm³/mol. The molecular weight excluding hydrogens is 190 g/mol. The predicted octanol–water partition coefficient (Wildman–Crippen LogP) is 2.22. The Kier molecular flexibility index (Phi) is 3.11. The van der Waals surface area contributed by atoms with Gasteiger partial charge in [-0.15, -0.1) is 0 Å². The summed E-state index contributed by atoms with van der Waals surface area (Å²) >= 11 is 0. The number of hydrogen-bond acceptors (Lipinski definition) is 3. The molecule has 15 heavy (non-hydrogen) atoms. The molecule has 0 bridgehead atoms. The normalized spacial score (nSPS) is 21.3. The highest BCUT2D eigenvalue weighted by atomic mass is 16.5. The average Bonchev–Trinajstić information content (AvgIpc) is 2.30. The third-order valence-corrected chi connectivity index (χ3v) is 2.92. The highest BCUT2D eigenvalue weighted by Crippen LogP contribution is 2.32. The van der Waals surface area contributed by atoms with Crippen LogP contribution in [-0.4, -0.2) is 18.8 Å². The third kappa shape index (κ3) is 2.23. The summed E-state index contributed by atoms with van der Waals surface area (Å²) in [7, 11) is 1.60. The molecule has 0 aromatic heterocycles. The third-order valence-electron chi connectivity index (χ3n) is 2.92. The molecule has 1 fully saturated rings. The van der Waals surface area contributed by atoms with E-state index in [1.54, 1.807) is 13.2 Å². The van der Waals surface area contributed by atoms with Gasteiger partial charge in [0.15, 0.2) is 0 Å². The van der Waals surface area contributed by atoms with Crippen LogP contribution in [0.2, 0.25) is 0 Å². The van der Waals surface area contributed by atoms with Gasteiger partial charge in [-0.3, -0.25) is 0 Å². The van der Waals surface area contributed by atoms with E-state index in [4.69, 9.17) is 4.74 Å². The number of ether oxygens (including phenoxy) is 1. The number of phenols is 1. The molecule has 1 atom stereocenters. The van der Waals surface area contributed by atoms with Gasteiger partial charge in [-0.1, -0.05) is 12.5 Å². The molecular formula is C12H17NO2. The van der Waals surface area contributed by atoms with Crippen molar-refractivity contribution in [1.82, 2.24) is 5.32 Å². The fourth-order valence-corrected chi connectivity index (χ4v) is 2.06. The molecule has 1 aliphatic heterocycles. The molecule has 82 valence electrons. The van der Waals surface area contributed by atoms with Crippen LogP contribution in [0.4, 0.5) is 0 Å². The van der Waals surface area contributed by atoms with E-state index in [0.29, 0.717) is 17.5 Å². The van der Waals surface area contributed by atoms with E-state index in [9.17, 15) is 5.11 Å². The lowest BCUT2D eigenvalue weighted by atomic mass is 9.97. The zero-order valence-electron chi connectivity index (χ0n) is 8.99. The second kappa shape index (κ2) is 4.53. The van der Waals surface area contributed by atoms with Gasteiger partial charge in [-0.2, -0.15) is 0 Å². The lowest BCUT2D eigenvalue weighted by Crippen LogP contribution is -2.26. The lowest BCUT2D eigenvalue weighted by molar-refractivity contribution is 0.383. The Balaban J connectivity index is 2.19.